The average molecular weight is 298 g/mol. The van der Waals surface area contributed by atoms with Crippen LogP contribution < -0.4 is 15.4 Å². The molecule has 0 aliphatic rings. The number of carbonyl (C=O) groups excluding carboxylic acids is 1. The third-order valence-corrected chi connectivity index (χ3v) is 3.56. The third-order valence-electron chi connectivity index (χ3n) is 3.56. The highest BCUT2D eigenvalue weighted by molar-refractivity contribution is 5.81. The van der Waals surface area contributed by atoms with Crippen LogP contribution in [0.1, 0.15) is 16.7 Å². The van der Waals surface area contributed by atoms with Crippen molar-refractivity contribution in [1.82, 2.24) is 5.32 Å². The van der Waals surface area contributed by atoms with Gasteiger partial charge in [0.1, 0.15) is 5.75 Å². The summed E-state index contributed by atoms with van der Waals surface area (Å²) >= 11 is 0. The van der Waals surface area contributed by atoms with E-state index >= 15 is 0 Å². The number of ether oxygens (including phenoxy) is 1. The molecule has 0 radical (unpaired) electrons. The van der Waals surface area contributed by atoms with E-state index in [0.29, 0.717) is 6.54 Å². The first-order valence-corrected chi connectivity index (χ1v) is 7.30. The molecule has 2 aromatic rings. The summed E-state index contributed by atoms with van der Waals surface area (Å²) in [6.07, 6.45) is 0. The number of benzene rings is 2. The van der Waals surface area contributed by atoms with Gasteiger partial charge in [0.15, 0.2) is 0 Å². The van der Waals surface area contributed by atoms with Gasteiger partial charge in [0, 0.05) is 12.2 Å². The highest BCUT2D eigenvalue weighted by Crippen LogP contribution is 2.18. The second kappa shape index (κ2) is 7.50. The number of hydrogen-bond donors (Lipinski definition) is 2. The smallest absolute Gasteiger partial charge is 0.239 e. The summed E-state index contributed by atoms with van der Waals surface area (Å²) in [7, 11) is 1.63. The molecule has 1 amide bonds. The molecular weight excluding hydrogens is 276 g/mol. The minimum absolute atomic E-state index is 0.0292. The van der Waals surface area contributed by atoms with Gasteiger partial charge in [0.25, 0.3) is 0 Å². The van der Waals surface area contributed by atoms with E-state index in [1.807, 2.05) is 56.3 Å². The second-order valence-corrected chi connectivity index (χ2v) is 5.25. The number of hydrogen-bond acceptors (Lipinski definition) is 3. The van der Waals surface area contributed by atoms with E-state index in [4.69, 9.17) is 4.74 Å². The van der Waals surface area contributed by atoms with Crippen LogP contribution in [0.25, 0.3) is 0 Å². The van der Waals surface area contributed by atoms with Crippen LogP contribution in [-0.2, 0) is 11.3 Å². The quantitative estimate of drug-likeness (QED) is 0.862. The molecule has 0 unspecified atom stereocenters. The summed E-state index contributed by atoms with van der Waals surface area (Å²) in [6, 6.07) is 13.7. The molecule has 0 atom stereocenters. The van der Waals surface area contributed by atoms with Crippen LogP contribution in [-0.4, -0.2) is 19.6 Å². The van der Waals surface area contributed by atoms with Gasteiger partial charge in [0.05, 0.1) is 13.7 Å². The fourth-order valence-corrected chi connectivity index (χ4v) is 2.27. The molecule has 0 bridgehead atoms. The molecule has 4 nitrogen and oxygen atoms in total. The van der Waals surface area contributed by atoms with Crippen molar-refractivity contribution >= 4 is 11.6 Å². The lowest BCUT2D eigenvalue weighted by atomic mass is 10.1. The maximum Gasteiger partial charge on any atom is 0.239 e. The maximum atomic E-state index is 11.9. The standard InChI is InChI=1S/C18H22N2O2/c1-13-5-4-6-14(2)18(13)20-12-17(21)19-11-15-7-9-16(22-3)10-8-15/h4-10,20H,11-12H2,1-3H3,(H,19,21). The Bertz CT molecular complexity index is 616. The molecule has 0 fully saturated rings. The molecule has 116 valence electrons. The molecule has 0 aliphatic heterocycles. The molecule has 0 spiro atoms. The van der Waals surface area contributed by atoms with Crippen LogP contribution in [0, 0.1) is 13.8 Å². The largest absolute Gasteiger partial charge is 0.497 e. The Kier molecular flexibility index (Phi) is 5.42. The molecule has 0 aliphatic carbocycles. The predicted molar refractivity (Wildman–Crippen MR) is 89.2 cm³/mol. The lowest BCUT2D eigenvalue weighted by Crippen LogP contribution is -2.29. The summed E-state index contributed by atoms with van der Waals surface area (Å²) < 4.78 is 5.11. The summed E-state index contributed by atoms with van der Waals surface area (Å²) in [6.45, 7) is 4.84. The van der Waals surface area contributed by atoms with E-state index in [1.54, 1.807) is 7.11 Å². The van der Waals surface area contributed by atoms with Gasteiger partial charge in [-0.05, 0) is 42.7 Å². The Morgan fingerprint density at radius 2 is 1.68 bits per heavy atom. The van der Waals surface area contributed by atoms with Gasteiger partial charge >= 0.3 is 0 Å². The van der Waals surface area contributed by atoms with Crippen molar-refractivity contribution < 1.29 is 9.53 Å². The fourth-order valence-electron chi connectivity index (χ4n) is 2.27. The molecule has 22 heavy (non-hydrogen) atoms. The Morgan fingerprint density at radius 1 is 1.05 bits per heavy atom. The van der Waals surface area contributed by atoms with Crippen LogP contribution in [0.4, 0.5) is 5.69 Å². The van der Waals surface area contributed by atoms with Crippen molar-refractivity contribution in [2.45, 2.75) is 20.4 Å². The first-order chi connectivity index (χ1) is 10.6. The summed E-state index contributed by atoms with van der Waals surface area (Å²) in [4.78, 5) is 11.9. The van der Waals surface area contributed by atoms with E-state index in [9.17, 15) is 4.79 Å². The van der Waals surface area contributed by atoms with Crippen LogP contribution in [0.3, 0.4) is 0 Å². The molecule has 2 aromatic carbocycles. The van der Waals surface area contributed by atoms with E-state index in [0.717, 1.165) is 28.1 Å². The van der Waals surface area contributed by atoms with Crippen LogP contribution in [0.2, 0.25) is 0 Å². The van der Waals surface area contributed by atoms with E-state index in [1.165, 1.54) is 0 Å². The highest BCUT2D eigenvalue weighted by atomic mass is 16.5. The molecule has 2 rings (SSSR count). The van der Waals surface area contributed by atoms with Crippen molar-refractivity contribution in [1.29, 1.82) is 0 Å². The summed E-state index contributed by atoms with van der Waals surface area (Å²) in [5.74, 6) is 0.783. The van der Waals surface area contributed by atoms with Crippen molar-refractivity contribution in [3.63, 3.8) is 0 Å². The van der Waals surface area contributed by atoms with Crippen LogP contribution in [0.5, 0.6) is 5.75 Å². The molecular formula is C18H22N2O2. The van der Waals surface area contributed by atoms with E-state index < -0.39 is 0 Å². The minimum atomic E-state index is -0.0292. The zero-order valence-electron chi connectivity index (χ0n) is 13.3. The molecule has 0 saturated heterocycles. The number of methoxy groups -OCH3 is 1. The second-order valence-electron chi connectivity index (χ2n) is 5.25. The van der Waals surface area contributed by atoms with Crippen molar-refractivity contribution in [2.75, 3.05) is 19.0 Å². The SMILES string of the molecule is COc1ccc(CNC(=O)CNc2c(C)cccc2C)cc1. The highest BCUT2D eigenvalue weighted by Gasteiger charge is 2.05. The van der Waals surface area contributed by atoms with Crippen molar-refractivity contribution in [3.8, 4) is 5.75 Å². The molecule has 0 aromatic heterocycles. The normalized spacial score (nSPS) is 10.1. The first kappa shape index (κ1) is 15.9. The summed E-state index contributed by atoms with van der Waals surface area (Å²) in [5.41, 5.74) is 4.36. The average Bonchev–Trinajstić information content (AvgIpc) is 2.53. The molecule has 2 N–H and O–H groups in total. The third kappa shape index (κ3) is 4.25. The monoisotopic (exact) mass is 298 g/mol. The Morgan fingerprint density at radius 3 is 2.27 bits per heavy atom. The van der Waals surface area contributed by atoms with Crippen LogP contribution >= 0.6 is 0 Å². The predicted octanol–water partition coefficient (Wildman–Crippen LogP) is 3.04. The fraction of sp³-hybridized carbons (Fsp3) is 0.278. The van der Waals surface area contributed by atoms with Gasteiger partial charge in [-0.3, -0.25) is 4.79 Å². The molecule has 4 heteroatoms. The van der Waals surface area contributed by atoms with Gasteiger partial charge in [-0.15, -0.1) is 0 Å². The van der Waals surface area contributed by atoms with Crippen molar-refractivity contribution in [3.05, 3.63) is 59.2 Å². The van der Waals surface area contributed by atoms with Gasteiger partial charge in [0.2, 0.25) is 5.91 Å². The van der Waals surface area contributed by atoms with Crippen LogP contribution in [0.15, 0.2) is 42.5 Å². The zero-order valence-corrected chi connectivity index (χ0v) is 13.3. The molecule has 0 saturated carbocycles. The number of para-hydroxylation sites is 1. The number of amides is 1. The Balaban J connectivity index is 1.83. The molecule has 0 heterocycles. The number of anilines is 1. The van der Waals surface area contributed by atoms with Gasteiger partial charge in [-0.1, -0.05) is 30.3 Å². The lowest BCUT2D eigenvalue weighted by molar-refractivity contribution is -0.119. The maximum absolute atomic E-state index is 11.9. The summed E-state index contributed by atoms with van der Waals surface area (Å²) in [5, 5.41) is 6.11. The zero-order chi connectivity index (χ0) is 15.9. The van der Waals surface area contributed by atoms with E-state index in [2.05, 4.69) is 10.6 Å². The van der Waals surface area contributed by atoms with E-state index in [-0.39, 0.29) is 12.5 Å². The Hall–Kier alpha value is -2.49. The first-order valence-electron chi connectivity index (χ1n) is 7.30. The number of nitrogens with one attached hydrogen (secondary N) is 2. The van der Waals surface area contributed by atoms with Gasteiger partial charge < -0.3 is 15.4 Å². The number of aryl methyl sites for hydroxylation is 2. The van der Waals surface area contributed by atoms with Gasteiger partial charge in [-0.25, -0.2) is 0 Å². The Labute approximate surface area is 131 Å². The lowest BCUT2D eigenvalue weighted by Gasteiger charge is -2.12. The number of carbonyl (C=O) groups is 1. The van der Waals surface area contributed by atoms with Gasteiger partial charge in [-0.2, -0.15) is 0 Å². The topological polar surface area (TPSA) is 50.4 Å². The minimum Gasteiger partial charge on any atom is -0.497 e. The number of rotatable bonds is 6. The van der Waals surface area contributed by atoms with Crippen molar-refractivity contribution in [2.24, 2.45) is 0 Å².